The van der Waals surface area contributed by atoms with Crippen LogP contribution in [0.15, 0.2) is 42.5 Å². The lowest BCUT2D eigenvalue weighted by Crippen LogP contribution is -2.51. The Kier molecular flexibility index (Phi) is 6.02. The highest BCUT2D eigenvalue weighted by atomic mass is 16.5. The Balaban J connectivity index is 1.38. The van der Waals surface area contributed by atoms with Gasteiger partial charge in [0, 0.05) is 30.8 Å². The van der Waals surface area contributed by atoms with E-state index in [1.54, 1.807) is 13.2 Å². The molecule has 164 valence electrons. The number of carbonyl (C=O) groups excluding carboxylic acids is 2. The van der Waals surface area contributed by atoms with Crippen molar-refractivity contribution in [2.75, 3.05) is 37.0 Å². The van der Waals surface area contributed by atoms with Gasteiger partial charge >= 0.3 is 6.03 Å². The summed E-state index contributed by atoms with van der Waals surface area (Å²) in [4.78, 5) is 29.7. The number of methoxy groups -OCH3 is 1. The quantitative estimate of drug-likeness (QED) is 0.808. The lowest BCUT2D eigenvalue weighted by atomic mass is 9.96. The molecule has 7 nitrogen and oxygen atoms in total. The van der Waals surface area contributed by atoms with Crippen LogP contribution in [0, 0.1) is 12.8 Å². The molecule has 0 aromatic heterocycles. The normalized spacial score (nSPS) is 18.7. The Morgan fingerprint density at radius 2 is 1.90 bits per heavy atom. The Morgan fingerprint density at radius 1 is 1.13 bits per heavy atom. The van der Waals surface area contributed by atoms with Gasteiger partial charge in [-0.15, -0.1) is 0 Å². The van der Waals surface area contributed by atoms with E-state index in [4.69, 9.17) is 9.47 Å². The van der Waals surface area contributed by atoms with Crippen molar-refractivity contribution in [1.82, 2.24) is 4.90 Å². The predicted molar refractivity (Wildman–Crippen MR) is 120 cm³/mol. The van der Waals surface area contributed by atoms with Gasteiger partial charge in [0.2, 0.25) is 5.91 Å². The number of benzene rings is 2. The number of anilines is 2. The van der Waals surface area contributed by atoms with Crippen molar-refractivity contribution in [2.24, 2.45) is 5.92 Å². The van der Waals surface area contributed by atoms with Gasteiger partial charge in [0.05, 0.1) is 19.3 Å². The molecule has 31 heavy (non-hydrogen) atoms. The molecule has 1 saturated heterocycles. The Labute approximate surface area is 182 Å². The summed E-state index contributed by atoms with van der Waals surface area (Å²) in [6.07, 6.45) is 1.22. The lowest BCUT2D eigenvalue weighted by molar-refractivity contribution is -0.121. The van der Waals surface area contributed by atoms with Gasteiger partial charge in [-0.05, 0) is 56.5 Å². The van der Waals surface area contributed by atoms with Crippen molar-refractivity contribution >= 4 is 23.3 Å². The van der Waals surface area contributed by atoms with Gasteiger partial charge in [0.1, 0.15) is 17.6 Å². The molecule has 1 N–H and O–H groups in total. The number of piperidine rings is 1. The largest absolute Gasteiger partial charge is 0.497 e. The molecule has 2 aliphatic heterocycles. The van der Waals surface area contributed by atoms with Crippen molar-refractivity contribution in [3.05, 3.63) is 48.0 Å². The first-order chi connectivity index (χ1) is 14.9. The number of ether oxygens (including phenoxy) is 2. The third kappa shape index (κ3) is 4.60. The van der Waals surface area contributed by atoms with Crippen LogP contribution in [0.2, 0.25) is 0 Å². The summed E-state index contributed by atoms with van der Waals surface area (Å²) < 4.78 is 11.1. The van der Waals surface area contributed by atoms with E-state index in [-0.39, 0.29) is 24.0 Å². The highest BCUT2D eigenvalue weighted by Gasteiger charge is 2.34. The fraction of sp³-hybridized carbons (Fsp3) is 0.417. The van der Waals surface area contributed by atoms with Crippen molar-refractivity contribution in [2.45, 2.75) is 32.8 Å². The number of nitrogens with zero attached hydrogens (tertiary/aromatic N) is 2. The zero-order valence-corrected chi connectivity index (χ0v) is 18.3. The van der Waals surface area contributed by atoms with Gasteiger partial charge in [-0.25, -0.2) is 4.79 Å². The molecule has 7 heteroatoms. The van der Waals surface area contributed by atoms with Crippen molar-refractivity contribution < 1.29 is 19.1 Å². The molecule has 0 aliphatic carbocycles. The minimum absolute atomic E-state index is 0.0127. The molecule has 0 bridgehead atoms. The topological polar surface area (TPSA) is 71.1 Å². The molecule has 0 radical (unpaired) electrons. The zero-order chi connectivity index (χ0) is 22.0. The maximum absolute atomic E-state index is 13.3. The maximum atomic E-state index is 13.3. The van der Waals surface area contributed by atoms with Gasteiger partial charge in [-0.1, -0.05) is 12.1 Å². The summed E-state index contributed by atoms with van der Waals surface area (Å²) in [5.74, 6) is 1.31. The standard InChI is InChI=1S/C24H29N3O4/c1-16-7-8-22-21(13-16)27(15-17(2)31-22)24(29)26-11-9-18(10-12-26)23(28)25-19-5-4-6-20(14-19)30-3/h4-8,13-14,17-18H,9-12,15H2,1-3H3,(H,25,28)/t17-/m1/s1. The second-order valence-electron chi connectivity index (χ2n) is 8.28. The van der Waals surface area contributed by atoms with Crippen LogP contribution in [0.3, 0.4) is 0 Å². The average Bonchev–Trinajstić information content (AvgIpc) is 2.78. The molecule has 2 heterocycles. The second-order valence-corrected chi connectivity index (χ2v) is 8.28. The van der Waals surface area contributed by atoms with E-state index in [1.165, 1.54) is 0 Å². The summed E-state index contributed by atoms with van der Waals surface area (Å²) in [6, 6.07) is 13.2. The Hall–Kier alpha value is -3.22. The van der Waals surface area contributed by atoms with E-state index in [9.17, 15) is 9.59 Å². The first-order valence-electron chi connectivity index (χ1n) is 10.7. The number of rotatable bonds is 3. The summed E-state index contributed by atoms with van der Waals surface area (Å²) >= 11 is 0. The number of aryl methyl sites for hydroxylation is 1. The average molecular weight is 424 g/mol. The van der Waals surface area contributed by atoms with E-state index >= 15 is 0 Å². The van der Waals surface area contributed by atoms with Gasteiger partial charge in [-0.3, -0.25) is 9.69 Å². The van der Waals surface area contributed by atoms with Crippen molar-refractivity contribution in [3.63, 3.8) is 0 Å². The monoisotopic (exact) mass is 423 g/mol. The number of urea groups is 1. The van der Waals surface area contributed by atoms with Gasteiger partial charge in [0.15, 0.2) is 0 Å². The number of fused-ring (bicyclic) bond motifs is 1. The van der Waals surface area contributed by atoms with Crippen molar-refractivity contribution in [1.29, 1.82) is 0 Å². The van der Waals surface area contributed by atoms with Crippen LogP contribution in [-0.4, -0.2) is 49.7 Å². The lowest BCUT2D eigenvalue weighted by Gasteiger charge is -2.39. The molecule has 1 atom stereocenters. The van der Waals surface area contributed by atoms with E-state index in [1.807, 2.05) is 60.0 Å². The van der Waals surface area contributed by atoms with Crippen LogP contribution >= 0.6 is 0 Å². The first-order valence-corrected chi connectivity index (χ1v) is 10.7. The van der Waals surface area contributed by atoms with Crippen LogP contribution < -0.4 is 19.7 Å². The van der Waals surface area contributed by atoms with Crippen LogP contribution in [0.25, 0.3) is 0 Å². The molecule has 2 aliphatic rings. The van der Waals surface area contributed by atoms with Gasteiger partial charge in [-0.2, -0.15) is 0 Å². The maximum Gasteiger partial charge on any atom is 0.324 e. The number of carbonyl (C=O) groups is 2. The molecule has 0 spiro atoms. The molecule has 0 unspecified atom stereocenters. The molecule has 2 aromatic rings. The van der Waals surface area contributed by atoms with E-state index in [0.29, 0.717) is 38.2 Å². The third-order valence-corrected chi connectivity index (χ3v) is 5.88. The van der Waals surface area contributed by atoms with Crippen LogP contribution in [0.1, 0.15) is 25.3 Å². The molecule has 4 rings (SSSR count). The molecule has 1 fully saturated rings. The van der Waals surface area contributed by atoms with Crippen LogP contribution in [0.4, 0.5) is 16.2 Å². The zero-order valence-electron chi connectivity index (χ0n) is 18.3. The fourth-order valence-corrected chi connectivity index (χ4v) is 4.18. The number of hydrogen-bond acceptors (Lipinski definition) is 4. The minimum atomic E-state index is -0.117. The number of amides is 3. The molecular formula is C24H29N3O4. The predicted octanol–water partition coefficient (Wildman–Crippen LogP) is 4.06. The fourth-order valence-electron chi connectivity index (χ4n) is 4.18. The van der Waals surface area contributed by atoms with Crippen LogP contribution in [-0.2, 0) is 4.79 Å². The summed E-state index contributed by atoms with van der Waals surface area (Å²) in [5.41, 5.74) is 2.63. The number of hydrogen-bond donors (Lipinski definition) is 1. The van der Waals surface area contributed by atoms with E-state index in [2.05, 4.69) is 5.32 Å². The van der Waals surface area contributed by atoms with Gasteiger partial charge in [0.25, 0.3) is 0 Å². The third-order valence-electron chi connectivity index (χ3n) is 5.88. The molecule has 3 amide bonds. The van der Waals surface area contributed by atoms with Crippen molar-refractivity contribution in [3.8, 4) is 11.5 Å². The van der Waals surface area contributed by atoms with Crippen LogP contribution in [0.5, 0.6) is 11.5 Å². The summed E-state index contributed by atoms with van der Waals surface area (Å²) in [7, 11) is 1.60. The smallest absolute Gasteiger partial charge is 0.324 e. The van der Waals surface area contributed by atoms with Gasteiger partial charge < -0.3 is 19.7 Å². The van der Waals surface area contributed by atoms with E-state index in [0.717, 1.165) is 22.7 Å². The summed E-state index contributed by atoms with van der Waals surface area (Å²) in [5, 5.41) is 2.97. The molecular weight excluding hydrogens is 394 g/mol. The second kappa shape index (κ2) is 8.88. The molecule has 0 saturated carbocycles. The molecule has 2 aromatic carbocycles. The summed E-state index contributed by atoms with van der Waals surface area (Å²) in [6.45, 7) is 5.61. The number of likely N-dealkylation sites (tertiary alicyclic amines) is 1. The minimum Gasteiger partial charge on any atom is -0.497 e. The Morgan fingerprint density at radius 3 is 2.65 bits per heavy atom. The highest BCUT2D eigenvalue weighted by Crippen LogP contribution is 2.35. The highest BCUT2D eigenvalue weighted by molar-refractivity contribution is 5.95. The van der Waals surface area contributed by atoms with E-state index < -0.39 is 0 Å². The first kappa shape index (κ1) is 21.0. The Bertz CT molecular complexity index is 969. The SMILES string of the molecule is COc1cccc(NC(=O)C2CCN(C(=O)N3C[C@@H](C)Oc4ccc(C)cc43)CC2)c1. The number of nitrogens with one attached hydrogen (secondary N) is 1.